The van der Waals surface area contributed by atoms with Crippen molar-refractivity contribution in [1.82, 2.24) is 9.88 Å². The predicted octanol–water partition coefficient (Wildman–Crippen LogP) is 1.87. The largest absolute Gasteiger partial charge is 0.397 e. The molecule has 0 radical (unpaired) electrons. The second kappa shape index (κ2) is 4.92. The van der Waals surface area contributed by atoms with Gasteiger partial charge in [-0.25, -0.2) is 4.98 Å². The molecule has 4 nitrogen and oxygen atoms in total. The zero-order chi connectivity index (χ0) is 12.4. The molecule has 1 saturated carbocycles. The van der Waals surface area contributed by atoms with Gasteiger partial charge in [0.15, 0.2) is 0 Å². The topological polar surface area (TPSA) is 54.2 Å². The minimum Gasteiger partial charge on any atom is -0.397 e. The van der Waals surface area contributed by atoms with Crippen LogP contribution in [0.3, 0.4) is 0 Å². The number of likely N-dealkylation sites (N-methyl/N-ethyl adjacent to an activating group) is 1. The van der Waals surface area contributed by atoms with E-state index in [0.29, 0.717) is 6.04 Å². The molecule has 1 unspecified atom stereocenters. The Kier molecular flexibility index (Phi) is 3.52. The summed E-state index contributed by atoms with van der Waals surface area (Å²) in [6.07, 6.45) is 2.69. The van der Waals surface area contributed by atoms with E-state index in [-0.39, 0.29) is 0 Å². The minimum atomic E-state index is 0.530. The van der Waals surface area contributed by atoms with E-state index < -0.39 is 0 Å². The Morgan fingerprint density at radius 1 is 1.53 bits per heavy atom. The van der Waals surface area contributed by atoms with Crippen LogP contribution < -0.4 is 11.1 Å². The van der Waals surface area contributed by atoms with Crippen LogP contribution in [0.15, 0.2) is 12.1 Å². The Morgan fingerprint density at radius 3 is 2.82 bits per heavy atom. The van der Waals surface area contributed by atoms with Crippen LogP contribution in [0, 0.1) is 6.92 Å². The molecule has 17 heavy (non-hydrogen) atoms. The highest BCUT2D eigenvalue weighted by molar-refractivity contribution is 5.49. The molecule has 1 aliphatic rings. The molecular formula is C13H22N4. The molecule has 1 atom stereocenters. The molecule has 2 rings (SSSR count). The van der Waals surface area contributed by atoms with Gasteiger partial charge < -0.3 is 11.1 Å². The zero-order valence-electron chi connectivity index (χ0n) is 10.9. The van der Waals surface area contributed by atoms with Crippen LogP contribution in [0.5, 0.6) is 0 Å². The molecule has 0 aromatic carbocycles. The van der Waals surface area contributed by atoms with Crippen molar-refractivity contribution in [1.29, 1.82) is 0 Å². The van der Waals surface area contributed by atoms with E-state index in [4.69, 9.17) is 5.73 Å². The molecule has 3 N–H and O–H groups in total. The minimum absolute atomic E-state index is 0.530. The third kappa shape index (κ3) is 3.09. The normalized spacial score (nSPS) is 17.2. The van der Waals surface area contributed by atoms with E-state index in [1.807, 2.05) is 19.1 Å². The van der Waals surface area contributed by atoms with Crippen molar-refractivity contribution in [2.24, 2.45) is 0 Å². The fraction of sp³-hybridized carbons (Fsp3) is 0.615. The second-order valence-corrected chi connectivity index (χ2v) is 5.00. The number of aryl methyl sites for hydroxylation is 1. The number of hydrogen-bond acceptors (Lipinski definition) is 4. The van der Waals surface area contributed by atoms with Crippen LogP contribution in [0.4, 0.5) is 11.5 Å². The predicted molar refractivity (Wildman–Crippen MR) is 72.1 cm³/mol. The van der Waals surface area contributed by atoms with Gasteiger partial charge in [-0.05, 0) is 45.9 Å². The highest BCUT2D eigenvalue weighted by atomic mass is 15.2. The van der Waals surface area contributed by atoms with Gasteiger partial charge in [-0.15, -0.1) is 0 Å². The number of nitrogen functional groups attached to an aromatic ring is 1. The Hall–Kier alpha value is -1.29. The monoisotopic (exact) mass is 234 g/mol. The third-order valence-corrected chi connectivity index (χ3v) is 3.52. The lowest BCUT2D eigenvalue weighted by molar-refractivity contribution is 0.257. The fourth-order valence-electron chi connectivity index (χ4n) is 1.91. The smallest absolute Gasteiger partial charge is 0.126 e. The molecular weight excluding hydrogens is 212 g/mol. The molecule has 1 aliphatic carbocycles. The molecule has 0 spiro atoms. The molecule has 1 aromatic rings. The summed E-state index contributed by atoms with van der Waals surface area (Å²) in [7, 11) is 2.20. The van der Waals surface area contributed by atoms with Crippen LogP contribution in [0.25, 0.3) is 0 Å². The highest BCUT2D eigenvalue weighted by Gasteiger charge is 2.28. The average Bonchev–Trinajstić information content (AvgIpc) is 3.13. The first-order valence-electron chi connectivity index (χ1n) is 6.27. The number of hydrogen-bond donors (Lipinski definition) is 2. The second-order valence-electron chi connectivity index (χ2n) is 5.00. The van der Waals surface area contributed by atoms with Gasteiger partial charge >= 0.3 is 0 Å². The third-order valence-electron chi connectivity index (χ3n) is 3.52. The van der Waals surface area contributed by atoms with Crippen molar-refractivity contribution in [2.75, 3.05) is 24.6 Å². The Morgan fingerprint density at radius 2 is 2.24 bits per heavy atom. The number of nitrogens with zero attached hydrogens (tertiary/aromatic N) is 2. The summed E-state index contributed by atoms with van der Waals surface area (Å²) in [6.45, 7) is 5.10. The van der Waals surface area contributed by atoms with E-state index in [9.17, 15) is 0 Å². The summed E-state index contributed by atoms with van der Waals surface area (Å²) in [4.78, 5) is 6.85. The van der Waals surface area contributed by atoms with Gasteiger partial charge in [-0.3, -0.25) is 4.90 Å². The Bertz CT molecular complexity index is 387. The fourth-order valence-corrected chi connectivity index (χ4v) is 1.91. The van der Waals surface area contributed by atoms with Gasteiger partial charge in [0.05, 0.1) is 11.4 Å². The summed E-state index contributed by atoms with van der Waals surface area (Å²) in [5.74, 6) is 0.910. The lowest BCUT2D eigenvalue weighted by Crippen LogP contribution is -2.36. The molecule has 4 heteroatoms. The molecule has 94 valence electrons. The lowest BCUT2D eigenvalue weighted by atomic mass is 10.2. The van der Waals surface area contributed by atoms with Crippen molar-refractivity contribution >= 4 is 11.5 Å². The maximum absolute atomic E-state index is 5.74. The molecule has 0 bridgehead atoms. The first kappa shape index (κ1) is 12.2. The Balaban J connectivity index is 1.86. The summed E-state index contributed by atoms with van der Waals surface area (Å²) >= 11 is 0. The Labute approximate surface area is 103 Å². The SMILES string of the molecule is Cc1nc(NCC(C)N(C)C2CC2)ccc1N. The first-order valence-corrected chi connectivity index (χ1v) is 6.27. The van der Waals surface area contributed by atoms with Crippen molar-refractivity contribution in [3.05, 3.63) is 17.8 Å². The van der Waals surface area contributed by atoms with Gasteiger partial charge in [-0.2, -0.15) is 0 Å². The summed E-state index contributed by atoms with van der Waals surface area (Å²) in [6, 6.07) is 5.17. The molecule has 1 fully saturated rings. The number of nitrogens with two attached hydrogens (primary N) is 1. The van der Waals surface area contributed by atoms with Gasteiger partial charge in [-0.1, -0.05) is 0 Å². The van der Waals surface area contributed by atoms with Crippen LogP contribution in [0.2, 0.25) is 0 Å². The summed E-state index contributed by atoms with van der Waals surface area (Å²) in [5, 5.41) is 3.37. The van der Waals surface area contributed by atoms with E-state index in [1.54, 1.807) is 0 Å². The standard InChI is InChI=1S/C13H22N4/c1-9(17(3)11-4-5-11)8-15-13-7-6-12(14)10(2)16-13/h6-7,9,11H,4-5,8,14H2,1-3H3,(H,15,16). The maximum atomic E-state index is 5.74. The molecule has 1 aromatic heterocycles. The molecule has 0 aliphatic heterocycles. The average molecular weight is 234 g/mol. The molecule has 1 heterocycles. The highest BCUT2D eigenvalue weighted by Crippen LogP contribution is 2.26. The first-order chi connectivity index (χ1) is 8.08. The van der Waals surface area contributed by atoms with Crippen molar-refractivity contribution < 1.29 is 0 Å². The maximum Gasteiger partial charge on any atom is 0.126 e. The number of aromatic nitrogens is 1. The number of rotatable bonds is 5. The van der Waals surface area contributed by atoms with Crippen LogP contribution in [0.1, 0.15) is 25.5 Å². The van der Waals surface area contributed by atoms with Crippen LogP contribution >= 0.6 is 0 Å². The van der Waals surface area contributed by atoms with E-state index in [2.05, 4.69) is 29.2 Å². The molecule has 0 saturated heterocycles. The van der Waals surface area contributed by atoms with Gasteiger partial charge in [0.1, 0.15) is 5.82 Å². The quantitative estimate of drug-likeness (QED) is 0.816. The number of nitrogens with one attached hydrogen (secondary N) is 1. The summed E-state index contributed by atoms with van der Waals surface area (Å²) < 4.78 is 0. The van der Waals surface area contributed by atoms with Gasteiger partial charge in [0, 0.05) is 18.6 Å². The number of pyridine rings is 1. The van der Waals surface area contributed by atoms with E-state index in [1.165, 1.54) is 12.8 Å². The summed E-state index contributed by atoms with van der Waals surface area (Å²) in [5.41, 5.74) is 7.38. The molecule has 0 amide bonds. The van der Waals surface area contributed by atoms with Crippen molar-refractivity contribution in [3.63, 3.8) is 0 Å². The van der Waals surface area contributed by atoms with Gasteiger partial charge in [0.2, 0.25) is 0 Å². The lowest BCUT2D eigenvalue weighted by Gasteiger charge is -2.24. The van der Waals surface area contributed by atoms with Crippen molar-refractivity contribution in [2.45, 2.75) is 38.8 Å². The van der Waals surface area contributed by atoms with Crippen LogP contribution in [-0.2, 0) is 0 Å². The van der Waals surface area contributed by atoms with E-state index in [0.717, 1.165) is 29.8 Å². The number of anilines is 2. The van der Waals surface area contributed by atoms with E-state index >= 15 is 0 Å². The van der Waals surface area contributed by atoms with Gasteiger partial charge in [0.25, 0.3) is 0 Å². The zero-order valence-corrected chi connectivity index (χ0v) is 10.9. The van der Waals surface area contributed by atoms with Crippen molar-refractivity contribution in [3.8, 4) is 0 Å². The van der Waals surface area contributed by atoms with Crippen LogP contribution in [-0.4, -0.2) is 35.6 Å².